The number of aliphatic hydroxyl groups excluding tert-OH is 1. The topological polar surface area (TPSA) is 92.9 Å². The van der Waals surface area contributed by atoms with Crippen LogP contribution in [0.5, 0.6) is 0 Å². The zero-order valence-electron chi connectivity index (χ0n) is 16.6. The molecule has 4 aromatic rings. The van der Waals surface area contributed by atoms with Gasteiger partial charge >= 0.3 is 0 Å². The van der Waals surface area contributed by atoms with Gasteiger partial charge in [-0.15, -0.1) is 0 Å². The molecule has 30 heavy (non-hydrogen) atoms. The second kappa shape index (κ2) is 8.04. The van der Waals surface area contributed by atoms with E-state index in [-0.39, 0.29) is 6.61 Å². The van der Waals surface area contributed by atoms with E-state index >= 15 is 0 Å². The summed E-state index contributed by atoms with van der Waals surface area (Å²) in [7, 11) is 0. The Bertz CT molecular complexity index is 1240. The SMILES string of the molecule is OCC1CCN(c2ccccc2CNc2ncnc3cc4[nH]c(=S)[nH]c4cc23)CC1. The summed E-state index contributed by atoms with van der Waals surface area (Å²) in [5.74, 6) is 1.23. The number of hydrogen-bond acceptors (Lipinski definition) is 6. The van der Waals surface area contributed by atoms with Crippen LogP contribution in [-0.4, -0.2) is 44.7 Å². The first-order valence-electron chi connectivity index (χ1n) is 10.3. The normalized spacial score (nSPS) is 15.2. The zero-order chi connectivity index (χ0) is 20.5. The molecule has 3 heterocycles. The fourth-order valence-electron chi connectivity index (χ4n) is 4.23. The second-order valence-electron chi connectivity index (χ2n) is 7.81. The number of para-hydroxylation sites is 1. The van der Waals surface area contributed by atoms with Gasteiger partial charge in [0.15, 0.2) is 4.77 Å². The molecule has 1 aliphatic heterocycles. The maximum Gasteiger partial charge on any atom is 0.175 e. The lowest BCUT2D eigenvalue weighted by atomic mass is 9.97. The van der Waals surface area contributed by atoms with Crippen molar-refractivity contribution in [3.63, 3.8) is 0 Å². The predicted molar refractivity (Wildman–Crippen MR) is 122 cm³/mol. The van der Waals surface area contributed by atoms with Crippen molar-refractivity contribution >= 4 is 45.7 Å². The van der Waals surface area contributed by atoms with Crippen molar-refractivity contribution in [2.45, 2.75) is 19.4 Å². The standard InChI is InChI=1S/C22H24N6OS/c29-12-14-5-7-28(8-6-14)20-4-2-1-3-15(20)11-23-21-16-9-18-19(27-22(30)26-18)10-17(16)24-13-25-21/h1-4,9-10,13-14,29H,5-8,11-12H2,(H,23,24,25)(H2,26,27,30). The summed E-state index contributed by atoms with van der Waals surface area (Å²) in [6, 6.07) is 12.5. The number of aromatic nitrogens is 4. The van der Waals surface area contributed by atoms with E-state index in [1.807, 2.05) is 12.1 Å². The van der Waals surface area contributed by atoms with Crippen molar-refractivity contribution in [2.24, 2.45) is 5.92 Å². The minimum absolute atomic E-state index is 0.288. The van der Waals surface area contributed by atoms with Crippen LogP contribution in [-0.2, 0) is 6.54 Å². The zero-order valence-corrected chi connectivity index (χ0v) is 17.4. The van der Waals surface area contributed by atoms with Crippen LogP contribution in [0.1, 0.15) is 18.4 Å². The van der Waals surface area contributed by atoms with Crippen molar-refractivity contribution < 1.29 is 5.11 Å². The van der Waals surface area contributed by atoms with E-state index in [0.717, 1.165) is 53.7 Å². The number of nitrogens with one attached hydrogen (secondary N) is 3. The lowest BCUT2D eigenvalue weighted by molar-refractivity contribution is 0.203. The minimum atomic E-state index is 0.288. The molecule has 154 valence electrons. The molecule has 2 aromatic carbocycles. The molecular weight excluding hydrogens is 396 g/mol. The summed E-state index contributed by atoms with van der Waals surface area (Å²) >= 11 is 5.21. The maximum atomic E-state index is 9.42. The first-order chi connectivity index (χ1) is 14.7. The molecule has 0 aliphatic carbocycles. The summed E-state index contributed by atoms with van der Waals surface area (Å²) in [6.07, 6.45) is 3.65. The molecule has 0 amide bonds. The highest BCUT2D eigenvalue weighted by molar-refractivity contribution is 7.71. The third-order valence-corrected chi connectivity index (χ3v) is 6.13. The summed E-state index contributed by atoms with van der Waals surface area (Å²) in [5.41, 5.74) is 5.22. The molecule has 0 saturated carbocycles. The molecule has 1 saturated heterocycles. The molecule has 4 N–H and O–H groups in total. The highest BCUT2D eigenvalue weighted by Gasteiger charge is 2.20. The number of benzene rings is 2. The van der Waals surface area contributed by atoms with E-state index in [1.54, 1.807) is 6.33 Å². The molecule has 0 bridgehead atoms. The number of nitrogens with zero attached hydrogens (tertiary/aromatic N) is 3. The fraction of sp³-hybridized carbons (Fsp3) is 0.318. The Morgan fingerprint density at radius 3 is 2.67 bits per heavy atom. The molecule has 0 spiro atoms. The number of rotatable bonds is 5. The predicted octanol–water partition coefficient (Wildman–Crippen LogP) is 3.99. The summed E-state index contributed by atoms with van der Waals surface area (Å²) in [6.45, 7) is 2.91. The quantitative estimate of drug-likeness (QED) is 0.365. The van der Waals surface area contributed by atoms with Gasteiger partial charge in [0.1, 0.15) is 12.1 Å². The average Bonchev–Trinajstić information content (AvgIpc) is 3.15. The molecule has 0 unspecified atom stereocenters. The van der Waals surface area contributed by atoms with E-state index < -0.39 is 0 Å². The molecule has 0 radical (unpaired) electrons. The molecule has 7 nitrogen and oxygen atoms in total. The Hall–Kier alpha value is -2.97. The Kier molecular flexibility index (Phi) is 5.10. The van der Waals surface area contributed by atoms with Crippen LogP contribution in [0.4, 0.5) is 11.5 Å². The molecule has 1 fully saturated rings. The highest BCUT2D eigenvalue weighted by Crippen LogP contribution is 2.28. The second-order valence-corrected chi connectivity index (χ2v) is 8.22. The van der Waals surface area contributed by atoms with E-state index in [1.165, 1.54) is 11.3 Å². The van der Waals surface area contributed by atoms with E-state index in [4.69, 9.17) is 12.2 Å². The van der Waals surface area contributed by atoms with Gasteiger partial charge in [0, 0.05) is 37.3 Å². The van der Waals surface area contributed by atoms with Gasteiger partial charge in [-0.3, -0.25) is 0 Å². The number of aliphatic hydroxyl groups is 1. The van der Waals surface area contributed by atoms with Crippen molar-refractivity contribution in [3.05, 3.63) is 53.1 Å². The Morgan fingerprint density at radius 1 is 1.10 bits per heavy atom. The third kappa shape index (κ3) is 3.64. The highest BCUT2D eigenvalue weighted by atomic mass is 32.1. The van der Waals surface area contributed by atoms with Gasteiger partial charge in [0.2, 0.25) is 0 Å². The number of aromatic amines is 2. The van der Waals surface area contributed by atoms with Crippen molar-refractivity contribution in [3.8, 4) is 0 Å². The lowest BCUT2D eigenvalue weighted by Crippen LogP contribution is -2.35. The smallest absolute Gasteiger partial charge is 0.175 e. The molecular formula is C22H24N6OS. The Labute approximate surface area is 179 Å². The van der Waals surface area contributed by atoms with Gasteiger partial charge in [0.25, 0.3) is 0 Å². The largest absolute Gasteiger partial charge is 0.396 e. The Balaban J connectivity index is 1.41. The average molecular weight is 421 g/mol. The van der Waals surface area contributed by atoms with Crippen molar-refractivity contribution in [1.29, 1.82) is 0 Å². The van der Waals surface area contributed by atoms with Crippen molar-refractivity contribution in [2.75, 3.05) is 29.9 Å². The number of hydrogen-bond donors (Lipinski definition) is 4. The van der Waals surface area contributed by atoms with Gasteiger partial charge in [0.05, 0.1) is 16.6 Å². The van der Waals surface area contributed by atoms with Crippen LogP contribution in [0.15, 0.2) is 42.7 Å². The van der Waals surface area contributed by atoms with Gasteiger partial charge in [-0.05, 0) is 54.7 Å². The van der Waals surface area contributed by atoms with Crippen LogP contribution in [0.25, 0.3) is 21.9 Å². The van der Waals surface area contributed by atoms with Crippen LogP contribution < -0.4 is 10.2 Å². The molecule has 8 heteroatoms. The monoisotopic (exact) mass is 420 g/mol. The third-order valence-electron chi connectivity index (χ3n) is 5.92. The molecule has 5 rings (SSSR count). The Morgan fingerprint density at radius 2 is 1.87 bits per heavy atom. The summed E-state index contributed by atoms with van der Waals surface area (Å²) in [5, 5.41) is 13.9. The number of piperidine rings is 1. The number of fused-ring (bicyclic) bond motifs is 2. The van der Waals surface area contributed by atoms with Crippen molar-refractivity contribution in [1.82, 2.24) is 19.9 Å². The molecule has 1 aliphatic rings. The van der Waals surface area contributed by atoms with Crippen LogP contribution in [0.2, 0.25) is 0 Å². The number of anilines is 2. The van der Waals surface area contributed by atoms with E-state index in [2.05, 4.69) is 54.4 Å². The van der Waals surface area contributed by atoms with Gasteiger partial charge in [-0.25, -0.2) is 9.97 Å². The maximum absolute atomic E-state index is 9.42. The van der Waals surface area contributed by atoms with Crippen LogP contribution in [0, 0.1) is 10.7 Å². The number of imidazole rings is 1. The van der Waals surface area contributed by atoms with Crippen LogP contribution >= 0.6 is 12.2 Å². The minimum Gasteiger partial charge on any atom is -0.396 e. The number of H-pyrrole nitrogens is 2. The summed E-state index contributed by atoms with van der Waals surface area (Å²) < 4.78 is 0.599. The summed E-state index contributed by atoms with van der Waals surface area (Å²) in [4.78, 5) is 17.6. The first-order valence-corrected chi connectivity index (χ1v) is 10.7. The van der Waals surface area contributed by atoms with E-state index in [9.17, 15) is 5.11 Å². The fourth-order valence-corrected chi connectivity index (χ4v) is 4.45. The van der Waals surface area contributed by atoms with Crippen LogP contribution in [0.3, 0.4) is 0 Å². The molecule has 2 aromatic heterocycles. The van der Waals surface area contributed by atoms with Gasteiger partial charge in [-0.2, -0.15) is 0 Å². The van der Waals surface area contributed by atoms with E-state index in [0.29, 0.717) is 17.2 Å². The molecule has 0 atom stereocenters. The lowest BCUT2D eigenvalue weighted by Gasteiger charge is -2.34. The first kappa shape index (κ1) is 19.0. The van der Waals surface area contributed by atoms with Gasteiger partial charge in [-0.1, -0.05) is 18.2 Å². The van der Waals surface area contributed by atoms with Gasteiger partial charge < -0.3 is 25.3 Å².